The van der Waals surface area contributed by atoms with Crippen LogP contribution in [0.15, 0.2) is 0 Å². The zero-order valence-corrected chi connectivity index (χ0v) is 12.3. The fourth-order valence-electron chi connectivity index (χ4n) is 3.33. The van der Waals surface area contributed by atoms with Gasteiger partial charge in [0.1, 0.15) is 0 Å². The van der Waals surface area contributed by atoms with Gasteiger partial charge in [-0.2, -0.15) is 0 Å². The van der Waals surface area contributed by atoms with E-state index in [1.165, 1.54) is 32.2 Å². The molecule has 2 aliphatic rings. The second-order valence-electron chi connectivity index (χ2n) is 6.22. The SMILES string of the molecule is CC(N)CCC(=O)N1CCCN(C2CCCC2)CC1. The van der Waals surface area contributed by atoms with Gasteiger partial charge in [-0.15, -0.1) is 0 Å². The molecule has 19 heavy (non-hydrogen) atoms. The summed E-state index contributed by atoms with van der Waals surface area (Å²) in [6.45, 7) is 6.04. The van der Waals surface area contributed by atoms with Gasteiger partial charge in [-0.05, 0) is 32.6 Å². The lowest BCUT2D eigenvalue weighted by molar-refractivity contribution is -0.131. The van der Waals surface area contributed by atoms with Crippen LogP contribution in [0.5, 0.6) is 0 Å². The number of nitrogens with two attached hydrogens (primary N) is 1. The van der Waals surface area contributed by atoms with E-state index in [9.17, 15) is 4.79 Å². The Bertz CT molecular complexity index is 287. The summed E-state index contributed by atoms with van der Waals surface area (Å²) in [5.74, 6) is 0.297. The van der Waals surface area contributed by atoms with Crippen LogP contribution in [-0.2, 0) is 4.79 Å². The number of nitrogens with zero attached hydrogens (tertiary/aromatic N) is 2. The highest BCUT2D eigenvalue weighted by atomic mass is 16.2. The second-order valence-corrected chi connectivity index (χ2v) is 6.22. The average Bonchev–Trinajstić information content (AvgIpc) is 2.80. The monoisotopic (exact) mass is 267 g/mol. The van der Waals surface area contributed by atoms with Crippen LogP contribution in [0, 0.1) is 0 Å². The molecule has 1 heterocycles. The van der Waals surface area contributed by atoms with E-state index in [4.69, 9.17) is 5.73 Å². The van der Waals surface area contributed by atoms with E-state index >= 15 is 0 Å². The minimum Gasteiger partial charge on any atom is -0.341 e. The van der Waals surface area contributed by atoms with Crippen LogP contribution in [0.3, 0.4) is 0 Å². The summed E-state index contributed by atoms with van der Waals surface area (Å²) in [6.07, 6.45) is 8.04. The van der Waals surface area contributed by atoms with Gasteiger partial charge in [0, 0.05) is 44.7 Å². The molecule has 1 amide bonds. The topological polar surface area (TPSA) is 49.6 Å². The highest BCUT2D eigenvalue weighted by molar-refractivity contribution is 5.76. The minimum absolute atomic E-state index is 0.130. The number of rotatable bonds is 4. The van der Waals surface area contributed by atoms with Crippen molar-refractivity contribution in [3.63, 3.8) is 0 Å². The minimum atomic E-state index is 0.130. The maximum absolute atomic E-state index is 12.1. The van der Waals surface area contributed by atoms with Gasteiger partial charge in [0.2, 0.25) is 5.91 Å². The molecule has 0 aromatic rings. The van der Waals surface area contributed by atoms with E-state index in [1.54, 1.807) is 0 Å². The standard InChI is InChI=1S/C15H29N3O/c1-13(16)7-8-15(19)18-10-4-9-17(11-12-18)14-5-2-3-6-14/h13-14H,2-12,16H2,1H3. The summed E-state index contributed by atoms with van der Waals surface area (Å²) < 4.78 is 0. The predicted octanol–water partition coefficient (Wildman–Crippen LogP) is 1.59. The van der Waals surface area contributed by atoms with Gasteiger partial charge >= 0.3 is 0 Å². The van der Waals surface area contributed by atoms with Gasteiger partial charge in [0.05, 0.1) is 0 Å². The van der Waals surface area contributed by atoms with Crippen LogP contribution in [-0.4, -0.2) is 54.0 Å². The van der Waals surface area contributed by atoms with Crippen LogP contribution < -0.4 is 5.73 Å². The van der Waals surface area contributed by atoms with Gasteiger partial charge in [0.15, 0.2) is 0 Å². The zero-order valence-electron chi connectivity index (χ0n) is 12.3. The maximum Gasteiger partial charge on any atom is 0.222 e. The Labute approximate surface area is 117 Å². The molecule has 2 rings (SSSR count). The fourth-order valence-corrected chi connectivity index (χ4v) is 3.33. The van der Waals surface area contributed by atoms with Gasteiger partial charge in [-0.1, -0.05) is 12.8 Å². The molecular weight excluding hydrogens is 238 g/mol. The first kappa shape index (κ1) is 14.8. The van der Waals surface area contributed by atoms with E-state index < -0.39 is 0 Å². The predicted molar refractivity (Wildman–Crippen MR) is 77.9 cm³/mol. The molecule has 110 valence electrons. The van der Waals surface area contributed by atoms with Crippen molar-refractivity contribution < 1.29 is 4.79 Å². The first-order chi connectivity index (χ1) is 9.16. The van der Waals surface area contributed by atoms with Gasteiger partial charge in [-0.3, -0.25) is 9.69 Å². The van der Waals surface area contributed by atoms with Crippen molar-refractivity contribution in [1.82, 2.24) is 9.80 Å². The Morgan fingerprint density at radius 2 is 1.89 bits per heavy atom. The van der Waals surface area contributed by atoms with Crippen molar-refractivity contribution in [2.75, 3.05) is 26.2 Å². The lowest BCUT2D eigenvalue weighted by Gasteiger charge is -2.27. The van der Waals surface area contributed by atoms with E-state index in [0.29, 0.717) is 12.3 Å². The van der Waals surface area contributed by atoms with E-state index in [2.05, 4.69) is 9.80 Å². The molecule has 0 bridgehead atoms. The number of amides is 1. The van der Waals surface area contributed by atoms with E-state index in [-0.39, 0.29) is 6.04 Å². The van der Waals surface area contributed by atoms with Crippen molar-refractivity contribution in [3.8, 4) is 0 Å². The molecule has 1 aliphatic heterocycles. The number of hydrogen-bond acceptors (Lipinski definition) is 3. The van der Waals surface area contributed by atoms with Crippen LogP contribution >= 0.6 is 0 Å². The summed E-state index contributed by atoms with van der Waals surface area (Å²) in [6, 6.07) is 0.921. The van der Waals surface area contributed by atoms with E-state index in [0.717, 1.165) is 38.5 Å². The lowest BCUT2D eigenvalue weighted by atomic mass is 10.2. The lowest BCUT2D eigenvalue weighted by Crippen LogP contribution is -2.38. The third-order valence-electron chi connectivity index (χ3n) is 4.54. The molecule has 4 heteroatoms. The molecule has 2 fully saturated rings. The summed E-state index contributed by atoms with van der Waals surface area (Å²) >= 11 is 0. The summed E-state index contributed by atoms with van der Waals surface area (Å²) in [5.41, 5.74) is 5.73. The van der Waals surface area contributed by atoms with E-state index in [1.807, 2.05) is 6.92 Å². The third kappa shape index (κ3) is 4.46. The average molecular weight is 267 g/mol. The zero-order chi connectivity index (χ0) is 13.7. The normalized spacial score (nSPS) is 24.4. The number of hydrogen-bond donors (Lipinski definition) is 1. The van der Waals surface area contributed by atoms with Crippen molar-refractivity contribution in [2.45, 2.75) is 64.0 Å². The second kappa shape index (κ2) is 7.25. The molecule has 4 nitrogen and oxygen atoms in total. The van der Waals surface area contributed by atoms with Crippen molar-refractivity contribution in [1.29, 1.82) is 0 Å². The molecule has 0 spiro atoms. The number of carbonyl (C=O) groups excluding carboxylic acids is 1. The van der Waals surface area contributed by atoms with Crippen LogP contribution in [0.4, 0.5) is 0 Å². The van der Waals surface area contributed by atoms with Crippen molar-refractivity contribution in [2.24, 2.45) is 5.73 Å². The summed E-state index contributed by atoms with van der Waals surface area (Å²) in [4.78, 5) is 16.8. The summed E-state index contributed by atoms with van der Waals surface area (Å²) in [5, 5.41) is 0. The first-order valence-corrected chi connectivity index (χ1v) is 7.94. The molecule has 1 aliphatic carbocycles. The molecule has 0 aromatic carbocycles. The molecular formula is C15H29N3O. The van der Waals surface area contributed by atoms with Gasteiger partial charge in [0.25, 0.3) is 0 Å². The van der Waals surface area contributed by atoms with Gasteiger partial charge < -0.3 is 10.6 Å². The largest absolute Gasteiger partial charge is 0.341 e. The highest BCUT2D eigenvalue weighted by Gasteiger charge is 2.25. The maximum atomic E-state index is 12.1. The molecule has 1 atom stereocenters. The van der Waals surface area contributed by atoms with Gasteiger partial charge in [-0.25, -0.2) is 0 Å². The molecule has 1 saturated carbocycles. The molecule has 1 saturated heterocycles. The quantitative estimate of drug-likeness (QED) is 0.841. The Kier molecular flexibility index (Phi) is 5.64. The summed E-state index contributed by atoms with van der Waals surface area (Å²) in [7, 11) is 0. The third-order valence-corrected chi connectivity index (χ3v) is 4.54. The number of carbonyl (C=O) groups is 1. The molecule has 0 radical (unpaired) electrons. The van der Waals surface area contributed by atoms with Crippen molar-refractivity contribution in [3.05, 3.63) is 0 Å². The first-order valence-electron chi connectivity index (χ1n) is 7.94. The highest BCUT2D eigenvalue weighted by Crippen LogP contribution is 2.24. The van der Waals surface area contributed by atoms with Crippen LogP contribution in [0.1, 0.15) is 51.9 Å². The molecule has 0 aromatic heterocycles. The Morgan fingerprint density at radius 3 is 2.58 bits per heavy atom. The Balaban J connectivity index is 1.77. The Morgan fingerprint density at radius 1 is 1.16 bits per heavy atom. The molecule has 2 N–H and O–H groups in total. The smallest absolute Gasteiger partial charge is 0.222 e. The van der Waals surface area contributed by atoms with Crippen molar-refractivity contribution >= 4 is 5.91 Å². The Hall–Kier alpha value is -0.610. The van der Waals surface area contributed by atoms with Crippen LogP contribution in [0.2, 0.25) is 0 Å². The fraction of sp³-hybridized carbons (Fsp3) is 0.933. The molecule has 1 unspecified atom stereocenters. The van der Waals surface area contributed by atoms with Crippen LogP contribution in [0.25, 0.3) is 0 Å².